The van der Waals surface area contributed by atoms with Crippen molar-refractivity contribution in [2.45, 2.75) is 66.8 Å². The van der Waals surface area contributed by atoms with Gasteiger partial charge in [-0.3, -0.25) is 9.59 Å². The summed E-state index contributed by atoms with van der Waals surface area (Å²) in [7, 11) is 0. The first-order chi connectivity index (χ1) is 20.2. The van der Waals surface area contributed by atoms with Gasteiger partial charge in [0, 0.05) is 12.1 Å². The molecule has 1 amide bonds. The second kappa shape index (κ2) is 16.2. The molecule has 1 fully saturated rings. The van der Waals surface area contributed by atoms with Crippen LogP contribution in [0.4, 0.5) is 0 Å². The number of ketones is 1. The Kier molecular flexibility index (Phi) is 12.7. The maximum absolute atomic E-state index is 13.5. The molecule has 0 spiro atoms. The van der Waals surface area contributed by atoms with Gasteiger partial charge >= 0.3 is 0 Å². The molecule has 1 atom stereocenters. The van der Waals surface area contributed by atoms with Crippen LogP contribution in [0.5, 0.6) is 17.2 Å². The SMILES string of the molecule is CCCOc1ccc(/C(O)=C2\C(=O)C(=O)N(CCCN(CC)CC)C2c2ccc(OCCC(C)C)c(OCC)c2)cc1. The maximum atomic E-state index is 13.5. The van der Waals surface area contributed by atoms with E-state index >= 15 is 0 Å². The van der Waals surface area contributed by atoms with Crippen LogP contribution in [0.1, 0.15) is 78.0 Å². The molecule has 2 aromatic rings. The van der Waals surface area contributed by atoms with Crippen LogP contribution < -0.4 is 14.2 Å². The van der Waals surface area contributed by atoms with Crippen molar-refractivity contribution < 1.29 is 28.9 Å². The Morgan fingerprint density at radius 2 is 1.64 bits per heavy atom. The monoisotopic (exact) mass is 580 g/mol. The number of amides is 1. The molecule has 0 bridgehead atoms. The van der Waals surface area contributed by atoms with Gasteiger partial charge in [-0.25, -0.2) is 0 Å². The second-order valence-electron chi connectivity index (χ2n) is 10.9. The van der Waals surface area contributed by atoms with Crippen molar-refractivity contribution in [3.8, 4) is 17.2 Å². The first-order valence-corrected chi connectivity index (χ1v) is 15.4. The predicted molar refractivity (Wildman–Crippen MR) is 166 cm³/mol. The van der Waals surface area contributed by atoms with E-state index in [1.54, 1.807) is 29.2 Å². The third-order valence-electron chi connectivity index (χ3n) is 7.44. The summed E-state index contributed by atoms with van der Waals surface area (Å²) in [4.78, 5) is 30.8. The molecule has 2 aromatic carbocycles. The molecule has 1 unspecified atom stereocenters. The summed E-state index contributed by atoms with van der Waals surface area (Å²) in [5, 5.41) is 11.5. The molecule has 1 aliphatic heterocycles. The standard InChI is InChI=1S/C34H48N2O6/c1-7-21-41-27-15-12-25(13-16-27)32(37)30-31(36(34(39)33(30)38)20-11-19-35(8-2)9-3)26-14-17-28(29(23-26)40-10-4)42-22-18-24(5)6/h12-17,23-24,31,37H,7-11,18-22H2,1-6H3/b32-30+. The number of likely N-dealkylation sites (tertiary alicyclic amines) is 1. The van der Waals surface area contributed by atoms with Crippen LogP contribution in [0, 0.1) is 5.92 Å². The van der Waals surface area contributed by atoms with E-state index in [1.807, 2.05) is 32.0 Å². The lowest BCUT2D eigenvalue weighted by atomic mass is 9.95. The summed E-state index contributed by atoms with van der Waals surface area (Å²) < 4.78 is 17.6. The van der Waals surface area contributed by atoms with E-state index in [1.165, 1.54) is 0 Å². The molecule has 1 aliphatic rings. The van der Waals surface area contributed by atoms with E-state index in [-0.39, 0.29) is 11.3 Å². The average Bonchev–Trinajstić information content (AvgIpc) is 3.24. The zero-order chi connectivity index (χ0) is 30.6. The summed E-state index contributed by atoms with van der Waals surface area (Å²) in [6.07, 6.45) is 2.48. The topological polar surface area (TPSA) is 88.5 Å². The fourth-order valence-corrected chi connectivity index (χ4v) is 5.03. The van der Waals surface area contributed by atoms with Crippen LogP contribution in [0.25, 0.3) is 5.76 Å². The highest BCUT2D eigenvalue weighted by Crippen LogP contribution is 2.42. The Balaban J connectivity index is 2.04. The molecule has 0 aromatic heterocycles. The number of aliphatic hydroxyl groups is 1. The van der Waals surface area contributed by atoms with Crippen LogP contribution in [-0.4, -0.2) is 72.6 Å². The molecule has 0 saturated carbocycles. The van der Waals surface area contributed by atoms with Gasteiger partial charge in [0.05, 0.1) is 31.4 Å². The van der Waals surface area contributed by atoms with Crippen LogP contribution in [0.2, 0.25) is 0 Å². The highest BCUT2D eigenvalue weighted by atomic mass is 16.5. The number of carbonyl (C=O) groups excluding carboxylic acids is 2. The van der Waals surface area contributed by atoms with Crippen molar-refractivity contribution in [1.29, 1.82) is 0 Å². The Morgan fingerprint density at radius 1 is 0.929 bits per heavy atom. The molecule has 1 N–H and O–H groups in total. The van der Waals surface area contributed by atoms with Gasteiger partial charge in [0.25, 0.3) is 11.7 Å². The van der Waals surface area contributed by atoms with E-state index in [9.17, 15) is 14.7 Å². The number of rotatable bonds is 17. The summed E-state index contributed by atoms with van der Waals surface area (Å²) in [5.74, 6) is 0.828. The Bertz CT molecular complexity index is 1200. The van der Waals surface area contributed by atoms with Crippen molar-refractivity contribution in [2.75, 3.05) is 46.0 Å². The van der Waals surface area contributed by atoms with Crippen LogP contribution in [0.15, 0.2) is 48.0 Å². The number of ether oxygens (including phenoxy) is 3. The lowest BCUT2D eigenvalue weighted by molar-refractivity contribution is -0.140. The van der Waals surface area contributed by atoms with Crippen molar-refractivity contribution in [3.63, 3.8) is 0 Å². The maximum Gasteiger partial charge on any atom is 0.295 e. The third kappa shape index (κ3) is 8.28. The second-order valence-corrected chi connectivity index (χ2v) is 10.9. The van der Waals surface area contributed by atoms with Gasteiger partial charge in [-0.15, -0.1) is 0 Å². The van der Waals surface area contributed by atoms with Gasteiger partial charge in [-0.1, -0.05) is 40.7 Å². The summed E-state index contributed by atoms with van der Waals surface area (Å²) >= 11 is 0. The van der Waals surface area contributed by atoms with Gasteiger partial charge in [-0.2, -0.15) is 0 Å². The fraction of sp³-hybridized carbons (Fsp3) is 0.529. The van der Waals surface area contributed by atoms with E-state index < -0.39 is 17.7 Å². The quantitative estimate of drug-likeness (QED) is 0.131. The number of benzene rings is 2. The number of hydrogen-bond acceptors (Lipinski definition) is 7. The third-order valence-corrected chi connectivity index (χ3v) is 7.44. The summed E-state index contributed by atoms with van der Waals surface area (Å²) in [6, 6.07) is 11.7. The van der Waals surface area contributed by atoms with Crippen molar-refractivity contribution >= 4 is 17.4 Å². The number of nitrogens with zero attached hydrogens (tertiary/aromatic N) is 2. The number of carbonyl (C=O) groups is 2. The van der Waals surface area contributed by atoms with Gasteiger partial charge in [0.15, 0.2) is 11.5 Å². The Morgan fingerprint density at radius 3 is 2.26 bits per heavy atom. The molecule has 42 heavy (non-hydrogen) atoms. The van der Waals surface area contributed by atoms with E-state index in [2.05, 4.69) is 32.6 Å². The largest absolute Gasteiger partial charge is 0.507 e. The molecular formula is C34H48N2O6. The molecule has 8 heteroatoms. The molecule has 8 nitrogen and oxygen atoms in total. The minimum absolute atomic E-state index is 0.0704. The average molecular weight is 581 g/mol. The van der Waals surface area contributed by atoms with Crippen molar-refractivity contribution in [3.05, 3.63) is 59.2 Å². The van der Waals surface area contributed by atoms with Crippen molar-refractivity contribution in [2.24, 2.45) is 5.92 Å². The first kappa shape index (κ1) is 33.0. The molecule has 3 rings (SSSR count). The van der Waals surface area contributed by atoms with Crippen LogP contribution in [-0.2, 0) is 9.59 Å². The molecule has 1 heterocycles. The molecule has 1 saturated heterocycles. The lowest BCUT2D eigenvalue weighted by Gasteiger charge is -2.27. The molecule has 230 valence electrons. The van der Waals surface area contributed by atoms with Crippen LogP contribution >= 0.6 is 0 Å². The lowest BCUT2D eigenvalue weighted by Crippen LogP contribution is -2.33. The zero-order valence-electron chi connectivity index (χ0n) is 26.2. The molecular weight excluding hydrogens is 532 g/mol. The van der Waals surface area contributed by atoms with Gasteiger partial charge in [0.1, 0.15) is 11.5 Å². The predicted octanol–water partition coefficient (Wildman–Crippen LogP) is 6.45. The normalized spacial score (nSPS) is 16.5. The first-order valence-electron chi connectivity index (χ1n) is 15.4. The highest BCUT2D eigenvalue weighted by molar-refractivity contribution is 6.46. The Hall–Kier alpha value is -3.52. The van der Waals surface area contributed by atoms with Gasteiger partial charge in [-0.05, 0) is 93.7 Å². The molecule has 0 radical (unpaired) electrons. The van der Waals surface area contributed by atoms with Crippen LogP contribution in [0.3, 0.4) is 0 Å². The Labute approximate surface area is 251 Å². The highest BCUT2D eigenvalue weighted by Gasteiger charge is 2.46. The smallest absolute Gasteiger partial charge is 0.295 e. The minimum Gasteiger partial charge on any atom is -0.507 e. The van der Waals surface area contributed by atoms with E-state index in [0.717, 1.165) is 32.5 Å². The van der Waals surface area contributed by atoms with E-state index in [4.69, 9.17) is 14.2 Å². The van der Waals surface area contributed by atoms with Crippen molar-refractivity contribution in [1.82, 2.24) is 9.80 Å². The number of aliphatic hydroxyl groups excluding tert-OH is 1. The summed E-state index contributed by atoms with van der Waals surface area (Å²) in [5.41, 5.74) is 1.20. The minimum atomic E-state index is -0.762. The number of Topliss-reactive ketones (excluding diaryl/α,β-unsaturated/α-hetero) is 1. The fourth-order valence-electron chi connectivity index (χ4n) is 5.03. The van der Waals surface area contributed by atoms with E-state index in [0.29, 0.717) is 67.1 Å². The zero-order valence-corrected chi connectivity index (χ0v) is 26.2. The van der Waals surface area contributed by atoms with Gasteiger partial charge in [0.2, 0.25) is 0 Å². The summed E-state index contributed by atoms with van der Waals surface area (Å²) in [6.45, 7) is 17.0. The molecule has 0 aliphatic carbocycles. The number of hydrogen-bond donors (Lipinski definition) is 1. The van der Waals surface area contributed by atoms with Gasteiger partial charge < -0.3 is 29.1 Å².